The topological polar surface area (TPSA) is 78.9 Å². The zero-order chi connectivity index (χ0) is 54.3. The SMILES string of the molecule is CC/C=C\C/C=C\C/C=C\C/C=C\C/C=C\CCCCCCCCCCCCCCCCCCCCCC(=O)OCC(COC(=O)CCCCCCC)OC(=O)CCCCCCCCCCCCCCCCCCC. The van der Waals surface area contributed by atoms with Gasteiger partial charge in [0, 0.05) is 19.3 Å². The molecule has 6 heteroatoms. The minimum Gasteiger partial charge on any atom is -0.462 e. The van der Waals surface area contributed by atoms with Crippen molar-refractivity contribution < 1.29 is 28.6 Å². The molecular formula is C69H124O6. The van der Waals surface area contributed by atoms with Crippen molar-refractivity contribution in [3.63, 3.8) is 0 Å². The monoisotopic (exact) mass is 1050 g/mol. The van der Waals surface area contributed by atoms with Gasteiger partial charge in [0.05, 0.1) is 0 Å². The fraction of sp³-hybridized carbons (Fsp3) is 0.812. The first kappa shape index (κ1) is 72.1. The summed E-state index contributed by atoms with van der Waals surface area (Å²) in [5.41, 5.74) is 0. The largest absolute Gasteiger partial charge is 0.462 e. The molecule has 0 aliphatic heterocycles. The number of esters is 3. The lowest BCUT2D eigenvalue weighted by atomic mass is 10.0. The van der Waals surface area contributed by atoms with Gasteiger partial charge in [0.2, 0.25) is 0 Å². The van der Waals surface area contributed by atoms with Crippen molar-refractivity contribution >= 4 is 17.9 Å². The van der Waals surface area contributed by atoms with E-state index in [1.165, 1.54) is 205 Å². The third-order valence-corrected chi connectivity index (χ3v) is 14.5. The van der Waals surface area contributed by atoms with Crippen LogP contribution in [0.2, 0.25) is 0 Å². The number of unbranched alkanes of at least 4 members (excludes halogenated alkanes) is 39. The Kier molecular flexibility index (Phi) is 61.2. The minimum atomic E-state index is -0.765. The molecule has 0 spiro atoms. The van der Waals surface area contributed by atoms with Crippen molar-refractivity contribution in [3.05, 3.63) is 60.8 Å². The summed E-state index contributed by atoms with van der Waals surface area (Å²) in [6.45, 7) is 6.49. The smallest absolute Gasteiger partial charge is 0.306 e. The van der Waals surface area contributed by atoms with E-state index in [0.29, 0.717) is 19.3 Å². The molecule has 0 radical (unpaired) electrons. The Hall–Kier alpha value is -2.89. The Morgan fingerprint density at radius 2 is 0.520 bits per heavy atom. The van der Waals surface area contributed by atoms with Gasteiger partial charge in [-0.25, -0.2) is 0 Å². The van der Waals surface area contributed by atoms with Gasteiger partial charge in [-0.1, -0.05) is 319 Å². The zero-order valence-electron chi connectivity index (χ0n) is 50.1. The second kappa shape index (κ2) is 63.6. The van der Waals surface area contributed by atoms with Gasteiger partial charge in [-0.2, -0.15) is 0 Å². The van der Waals surface area contributed by atoms with E-state index in [2.05, 4.69) is 81.5 Å². The maximum absolute atomic E-state index is 12.8. The van der Waals surface area contributed by atoms with Gasteiger partial charge in [-0.15, -0.1) is 0 Å². The van der Waals surface area contributed by atoms with Crippen molar-refractivity contribution in [2.24, 2.45) is 0 Å². The van der Waals surface area contributed by atoms with Crippen molar-refractivity contribution in [2.75, 3.05) is 13.2 Å². The van der Waals surface area contributed by atoms with Crippen molar-refractivity contribution in [3.8, 4) is 0 Å². The van der Waals surface area contributed by atoms with Gasteiger partial charge in [0.1, 0.15) is 13.2 Å². The van der Waals surface area contributed by atoms with E-state index in [-0.39, 0.29) is 31.1 Å². The average Bonchev–Trinajstić information content (AvgIpc) is 3.41. The minimum absolute atomic E-state index is 0.0677. The van der Waals surface area contributed by atoms with E-state index >= 15 is 0 Å². The van der Waals surface area contributed by atoms with Gasteiger partial charge in [-0.05, 0) is 64.2 Å². The fourth-order valence-electron chi connectivity index (χ4n) is 9.65. The lowest BCUT2D eigenvalue weighted by molar-refractivity contribution is -0.167. The molecule has 0 N–H and O–H groups in total. The molecule has 0 aliphatic rings. The molecule has 0 fully saturated rings. The van der Waals surface area contributed by atoms with Crippen LogP contribution >= 0.6 is 0 Å². The molecule has 0 heterocycles. The van der Waals surface area contributed by atoms with Crippen molar-refractivity contribution in [2.45, 2.75) is 348 Å². The van der Waals surface area contributed by atoms with Crippen molar-refractivity contribution in [1.29, 1.82) is 0 Å². The standard InChI is InChI=1S/C69H124O6/c1-4-7-10-13-15-17-19-21-23-25-26-27-28-29-30-31-32-33-34-35-36-37-38-39-40-41-42-44-45-47-49-51-53-56-59-62-68(71)74-65-66(64-73-67(70)61-58-55-12-9-6-3)75-69(72)63-60-57-54-52-50-48-46-43-24-22-20-18-16-14-11-8-5-2/h7,10,15,17,21,23,26-27,29-30,66H,4-6,8-9,11-14,16,18-20,22,24-25,28,31-65H2,1-3H3/b10-7-,17-15-,23-21-,27-26-,30-29-. The Balaban J connectivity index is 3.89. The highest BCUT2D eigenvalue weighted by atomic mass is 16.6. The van der Waals surface area contributed by atoms with Crippen LogP contribution in [0.15, 0.2) is 60.8 Å². The normalized spacial score (nSPS) is 12.4. The highest BCUT2D eigenvalue weighted by Gasteiger charge is 2.19. The number of hydrogen-bond donors (Lipinski definition) is 0. The van der Waals surface area contributed by atoms with Crippen LogP contribution in [0, 0.1) is 0 Å². The van der Waals surface area contributed by atoms with Crippen LogP contribution in [0.4, 0.5) is 0 Å². The Labute approximate surface area is 466 Å². The number of carbonyl (C=O) groups excluding carboxylic acids is 3. The molecule has 0 rings (SSSR count). The van der Waals surface area contributed by atoms with Gasteiger partial charge < -0.3 is 14.2 Å². The summed E-state index contributed by atoms with van der Waals surface area (Å²) in [7, 11) is 0. The second-order valence-electron chi connectivity index (χ2n) is 22.0. The van der Waals surface area contributed by atoms with Crippen LogP contribution in [0.5, 0.6) is 0 Å². The Bertz CT molecular complexity index is 1340. The van der Waals surface area contributed by atoms with E-state index in [0.717, 1.165) is 96.3 Å². The molecule has 1 atom stereocenters. The first-order valence-corrected chi connectivity index (χ1v) is 32.8. The number of ether oxygens (including phenoxy) is 3. The number of hydrogen-bond acceptors (Lipinski definition) is 6. The van der Waals surface area contributed by atoms with Crippen molar-refractivity contribution in [1.82, 2.24) is 0 Å². The van der Waals surface area contributed by atoms with Crippen LogP contribution in [0.1, 0.15) is 342 Å². The predicted molar refractivity (Wildman–Crippen MR) is 325 cm³/mol. The summed E-state index contributed by atoms with van der Waals surface area (Å²) < 4.78 is 16.8. The number of rotatable bonds is 60. The molecule has 75 heavy (non-hydrogen) atoms. The van der Waals surface area contributed by atoms with Gasteiger partial charge in [-0.3, -0.25) is 14.4 Å². The molecule has 6 nitrogen and oxygen atoms in total. The van der Waals surface area contributed by atoms with Gasteiger partial charge in [0.15, 0.2) is 6.10 Å². The summed E-state index contributed by atoms with van der Waals surface area (Å²) in [6, 6.07) is 0. The Morgan fingerprint density at radius 3 is 0.813 bits per heavy atom. The van der Waals surface area contributed by atoms with Crippen LogP contribution in [-0.4, -0.2) is 37.2 Å². The van der Waals surface area contributed by atoms with Crippen LogP contribution in [0.25, 0.3) is 0 Å². The van der Waals surface area contributed by atoms with E-state index in [1.54, 1.807) is 0 Å². The molecule has 0 aromatic heterocycles. The molecule has 0 bridgehead atoms. The predicted octanol–water partition coefficient (Wildman–Crippen LogP) is 22.3. The lowest BCUT2D eigenvalue weighted by Gasteiger charge is -2.18. The van der Waals surface area contributed by atoms with Crippen LogP contribution < -0.4 is 0 Å². The molecule has 1 unspecified atom stereocenters. The molecule has 0 aromatic rings. The summed E-state index contributed by atoms with van der Waals surface area (Å²) in [5.74, 6) is -0.861. The summed E-state index contributed by atoms with van der Waals surface area (Å²) in [5, 5.41) is 0. The number of allylic oxidation sites excluding steroid dienone is 10. The molecule has 436 valence electrons. The maximum Gasteiger partial charge on any atom is 0.306 e. The van der Waals surface area contributed by atoms with Gasteiger partial charge >= 0.3 is 17.9 Å². The highest BCUT2D eigenvalue weighted by Crippen LogP contribution is 2.18. The zero-order valence-corrected chi connectivity index (χ0v) is 50.1. The first-order valence-electron chi connectivity index (χ1n) is 32.8. The molecule has 0 amide bonds. The fourth-order valence-corrected chi connectivity index (χ4v) is 9.65. The summed E-state index contributed by atoms with van der Waals surface area (Å²) >= 11 is 0. The van der Waals surface area contributed by atoms with Gasteiger partial charge in [0.25, 0.3) is 0 Å². The molecular weight excluding hydrogens is 925 g/mol. The Morgan fingerprint density at radius 1 is 0.280 bits per heavy atom. The average molecular weight is 1050 g/mol. The van der Waals surface area contributed by atoms with E-state index < -0.39 is 6.10 Å². The summed E-state index contributed by atoms with van der Waals surface area (Å²) in [6.07, 6.45) is 81.5. The molecule has 0 aliphatic carbocycles. The van der Waals surface area contributed by atoms with E-state index in [1.807, 2.05) is 0 Å². The number of carbonyl (C=O) groups is 3. The second-order valence-corrected chi connectivity index (χ2v) is 22.0. The lowest BCUT2D eigenvalue weighted by Crippen LogP contribution is -2.30. The third-order valence-electron chi connectivity index (χ3n) is 14.5. The third kappa shape index (κ3) is 61.8. The van der Waals surface area contributed by atoms with Crippen LogP contribution in [-0.2, 0) is 28.6 Å². The summed E-state index contributed by atoms with van der Waals surface area (Å²) in [4.78, 5) is 37.9. The quantitative estimate of drug-likeness (QED) is 0.0261. The maximum atomic E-state index is 12.8. The molecule has 0 saturated heterocycles. The molecule has 0 saturated carbocycles. The molecule has 0 aromatic carbocycles. The van der Waals surface area contributed by atoms with Crippen LogP contribution in [0.3, 0.4) is 0 Å². The van der Waals surface area contributed by atoms with E-state index in [9.17, 15) is 14.4 Å². The van der Waals surface area contributed by atoms with E-state index in [4.69, 9.17) is 14.2 Å². The highest BCUT2D eigenvalue weighted by molar-refractivity contribution is 5.71. The first-order chi connectivity index (χ1) is 37.0.